The maximum atomic E-state index is 12.3. The number of carbonyl (C=O) groups excluding carboxylic acids is 1. The minimum absolute atomic E-state index is 0.187. The molecule has 0 spiro atoms. The minimum Gasteiger partial charge on any atom is -0.481 e. The van der Waals surface area contributed by atoms with Crippen LogP contribution in [0.4, 0.5) is 4.79 Å². The zero-order valence-electron chi connectivity index (χ0n) is 14.2. The van der Waals surface area contributed by atoms with E-state index in [0.717, 1.165) is 17.5 Å². The van der Waals surface area contributed by atoms with Gasteiger partial charge >= 0.3 is 12.1 Å². The van der Waals surface area contributed by atoms with Crippen LogP contribution in [0.25, 0.3) is 0 Å². The van der Waals surface area contributed by atoms with E-state index in [2.05, 4.69) is 6.92 Å². The van der Waals surface area contributed by atoms with Crippen LogP contribution in [0.2, 0.25) is 0 Å². The van der Waals surface area contributed by atoms with Gasteiger partial charge in [-0.25, -0.2) is 4.79 Å². The van der Waals surface area contributed by atoms with Crippen LogP contribution in [0.1, 0.15) is 44.7 Å². The molecule has 0 bridgehead atoms. The maximum absolute atomic E-state index is 12.3. The zero-order valence-corrected chi connectivity index (χ0v) is 14.2. The molecular formula is C18H25NO4. The summed E-state index contributed by atoms with van der Waals surface area (Å²) in [5, 5.41) is 9.56. The summed E-state index contributed by atoms with van der Waals surface area (Å²) in [5.41, 5.74) is 1.57. The lowest BCUT2D eigenvalue weighted by molar-refractivity contribution is -0.141. The second-order valence-corrected chi connectivity index (χ2v) is 6.99. The number of nitrogens with zero attached hydrogens (tertiary/aromatic N) is 1. The fourth-order valence-corrected chi connectivity index (χ4v) is 3.06. The molecule has 1 amide bonds. The predicted octanol–water partition coefficient (Wildman–Crippen LogP) is 3.28. The number of hydrogen-bond donors (Lipinski definition) is 1. The molecule has 1 fully saturated rings. The molecule has 1 saturated heterocycles. The molecule has 0 aliphatic carbocycles. The standard InChI is InChI=1S/C18H25NO4/c1-5-12-8-6-7-9-13(12)14-10-19(11-15(14)16(20)21)17(22)23-18(2,3)4/h6-9,14-15H,5,10-11H2,1-4H3,(H,20,21). The SMILES string of the molecule is CCc1ccccc1C1CN(C(=O)OC(C)(C)C)CC1C(=O)O. The molecule has 5 heteroatoms. The lowest BCUT2D eigenvalue weighted by Crippen LogP contribution is -2.35. The molecule has 1 aliphatic rings. The van der Waals surface area contributed by atoms with Crippen LogP contribution in [-0.4, -0.2) is 40.8 Å². The highest BCUT2D eigenvalue weighted by Crippen LogP contribution is 2.35. The van der Waals surface area contributed by atoms with Crippen molar-refractivity contribution in [1.29, 1.82) is 0 Å². The third-order valence-electron chi connectivity index (χ3n) is 4.12. The Bertz CT molecular complexity index is 591. The molecule has 1 N–H and O–H groups in total. The Kier molecular flexibility index (Phi) is 4.97. The molecule has 23 heavy (non-hydrogen) atoms. The van der Waals surface area contributed by atoms with Gasteiger partial charge in [-0.2, -0.15) is 0 Å². The molecule has 1 aromatic carbocycles. The number of aryl methyl sites for hydroxylation is 1. The fourth-order valence-electron chi connectivity index (χ4n) is 3.06. The number of ether oxygens (including phenoxy) is 1. The zero-order chi connectivity index (χ0) is 17.2. The first kappa shape index (κ1) is 17.3. The quantitative estimate of drug-likeness (QED) is 0.928. The molecule has 2 rings (SSSR count). The predicted molar refractivity (Wildman–Crippen MR) is 87.5 cm³/mol. The van der Waals surface area contributed by atoms with Crippen LogP contribution >= 0.6 is 0 Å². The van der Waals surface area contributed by atoms with Crippen molar-refractivity contribution in [2.45, 2.75) is 45.6 Å². The van der Waals surface area contributed by atoms with Gasteiger partial charge in [0.2, 0.25) is 0 Å². The average molecular weight is 319 g/mol. The summed E-state index contributed by atoms with van der Waals surface area (Å²) in [5.74, 6) is -1.67. The lowest BCUT2D eigenvalue weighted by Gasteiger charge is -2.24. The van der Waals surface area contributed by atoms with Crippen LogP contribution in [0.5, 0.6) is 0 Å². The third-order valence-corrected chi connectivity index (χ3v) is 4.12. The molecule has 5 nitrogen and oxygen atoms in total. The number of aliphatic carboxylic acids is 1. The van der Waals surface area contributed by atoms with Gasteiger partial charge in [-0.15, -0.1) is 0 Å². The number of likely N-dealkylation sites (tertiary alicyclic amines) is 1. The van der Waals surface area contributed by atoms with Crippen molar-refractivity contribution in [2.24, 2.45) is 5.92 Å². The number of rotatable bonds is 3. The van der Waals surface area contributed by atoms with E-state index >= 15 is 0 Å². The van der Waals surface area contributed by atoms with E-state index in [1.54, 1.807) is 20.8 Å². The van der Waals surface area contributed by atoms with Crippen LogP contribution in [0.3, 0.4) is 0 Å². The van der Waals surface area contributed by atoms with Crippen molar-refractivity contribution < 1.29 is 19.4 Å². The van der Waals surface area contributed by atoms with Crippen molar-refractivity contribution in [3.05, 3.63) is 35.4 Å². The van der Waals surface area contributed by atoms with Gasteiger partial charge < -0.3 is 14.7 Å². The summed E-state index contributed by atoms with van der Waals surface area (Å²) in [4.78, 5) is 25.4. The van der Waals surface area contributed by atoms with E-state index in [-0.39, 0.29) is 12.5 Å². The van der Waals surface area contributed by atoms with Crippen LogP contribution in [-0.2, 0) is 16.0 Å². The molecule has 0 aromatic heterocycles. The van der Waals surface area contributed by atoms with Gasteiger partial charge in [0.1, 0.15) is 5.60 Å². The highest BCUT2D eigenvalue weighted by Gasteiger charge is 2.42. The summed E-state index contributed by atoms with van der Waals surface area (Å²) in [7, 11) is 0. The molecule has 1 aromatic rings. The van der Waals surface area contributed by atoms with Gasteiger partial charge in [0, 0.05) is 19.0 Å². The maximum Gasteiger partial charge on any atom is 0.410 e. The van der Waals surface area contributed by atoms with Crippen molar-refractivity contribution in [1.82, 2.24) is 4.90 Å². The summed E-state index contributed by atoms with van der Waals surface area (Å²) >= 11 is 0. The van der Waals surface area contributed by atoms with Crippen LogP contribution in [0.15, 0.2) is 24.3 Å². The van der Waals surface area contributed by atoms with Gasteiger partial charge in [0.25, 0.3) is 0 Å². The number of carboxylic acids is 1. The Hall–Kier alpha value is -2.04. The van der Waals surface area contributed by atoms with Gasteiger partial charge in [-0.3, -0.25) is 4.79 Å². The second-order valence-electron chi connectivity index (χ2n) is 6.99. The lowest BCUT2D eigenvalue weighted by atomic mass is 9.85. The average Bonchev–Trinajstić information content (AvgIpc) is 2.90. The van der Waals surface area contributed by atoms with E-state index in [1.165, 1.54) is 4.90 Å². The molecular weight excluding hydrogens is 294 g/mol. The van der Waals surface area contributed by atoms with Gasteiger partial charge in [0.05, 0.1) is 5.92 Å². The molecule has 0 radical (unpaired) electrons. The van der Waals surface area contributed by atoms with Gasteiger partial charge in [-0.1, -0.05) is 31.2 Å². The van der Waals surface area contributed by atoms with Crippen molar-refractivity contribution in [2.75, 3.05) is 13.1 Å². The van der Waals surface area contributed by atoms with Crippen molar-refractivity contribution >= 4 is 12.1 Å². The summed E-state index contributed by atoms with van der Waals surface area (Å²) in [6.07, 6.45) is 0.395. The van der Waals surface area contributed by atoms with E-state index in [1.807, 2.05) is 24.3 Å². The fraction of sp³-hybridized carbons (Fsp3) is 0.556. The summed E-state index contributed by atoms with van der Waals surface area (Å²) < 4.78 is 5.38. The second kappa shape index (κ2) is 6.60. The van der Waals surface area contributed by atoms with Crippen LogP contribution in [0, 0.1) is 5.92 Å². The highest BCUT2D eigenvalue weighted by atomic mass is 16.6. The molecule has 126 valence electrons. The smallest absolute Gasteiger partial charge is 0.410 e. The van der Waals surface area contributed by atoms with Crippen molar-refractivity contribution in [3.8, 4) is 0 Å². The molecule has 1 aliphatic heterocycles. The number of carbonyl (C=O) groups is 2. The van der Waals surface area contributed by atoms with E-state index in [0.29, 0.717) is 6.54 Å². The summed E-state index contributed by atoms with van der Waals surface area (Å²) in [6.45, 7) is 8.03. The Balaban J connectivity index is 2.25. The van der Waals surface area contributed by atoms with E-state index in [4.69, 9.17) is 4.74 Å². The monoisotopic (exact) mass is 319 g/mol. The molecule has 0 saturated carbocycles. The first-order valence-corrected chi connectivity index (χ1v) is 8.01. The Morgan fingerprint density at radius 2 is 1.91 bits per heavy atom. The normalized spacial score (nSPS) is 21.3. The van der Waals surface area contributed by atoms with E-state index < -0.39 is 23.6 Å². The number of amides is 1. The van der Waals surface area contributed by atoms with E-state index in [9.17, 15) is 14.7 Å². The van der Waals surface area contributed by atoms with Crippen molar-refractivity contribution in [3.63, 3.8) is 0 Å². The minimum atomic E-state index is -0.869. The Labute approximate surface area is 137 Å². The Morgan fingerprint density at radius 1 is 1.26 bits per heavy atom. The Morgan fingerprint density at radius 3 is 2.48 bits per heavy atom. The summed E-state index contributed by atoms with van der Waals surface area (Å²) in [6, 6.07) is 7.87. The number of benzene rings is 1. The number of carboxylic acid groups (broad SMARTS) is 1. The third kappa shape index (κ3) is 4.03. The molecule has 1 heterocycles. The molecule has 2 atom stereocenters. The topological polar surface area (TPSA) is 66.8 Å². The molecule has 2 unspecified atom stereocenters. The first-order chi connectivity index (χ1) is 10.7. The van der Waals surface area contributed by atoms with Crippen LogP contribution < -0.4 is 0 Å². The highest BCUT2D eigenvalue weighted by molar-refractivity contribution is 5.76. The largest absolute Gasteiger partial charge is 0.481 e. The number of hydrogen-bond acceptors (Lipinski definition) is 3. The van der Waals surface area contributed by atoms with Gasteiger partial charge in [0.15, 0.2) is 0 Å². The van der Waals surface area contributed by atoms with Gasteiger partial charge in [-0.05, 0) is 38.3 Å². The first-order valence-electron chi connectivity index (χ1n) is 8.01.